The van der Waals surface area contributed by atoms with Crippen LogP contribution in [0.2, 0.25) is 0 Å². The van der Waals surface area contributed by atoms with Crippen LogP contribution in [0.25, 0.3) is 0 Å². The van der Waals surface area contributed by atoms with E-state index in [0.717, 1.165) is 30.8 Å². The molecule has 1 atom stereocenters. The maximum Gasteiger partial charge on any atom is 0.411 e. The molecule has 0 N–H and O–H groups in total. The maximum atomic E-state index is 12.9. The number of fused-ring (bicyclic) bond motifs is 1. The summed E-state index contributed by atoms with van der Waals surface area (Å²) in [5, 5.41) is 0. The van der Waals surface area contributed by atoms with Crippen LogP contribution < -0.4 is 0 Å². The Hall–Kier alpha value is -3.11. The molecule has 4 heteroatoms. The smallest absolute Gasteiger partial charge is 0.411 e. The average molecular weight is 384 g/mol. The summed E-state index contributed by atoms with van der Waals surface area (Å²) in [6, 6.07) is 30.8. The first-order valence-corrected chi connectivity index (χ1v) is 10.1. The van der Waals surface area contributed by atoms with Gasteiger partial charge in [0.05, 0.1) is 6.04 Å². The van der Waals surface area contributed by atoms with Gasteiger partial charge in [-0.05, 0) is 5.56 Å². The van der Waals surface area contributed by atoms with Crippen LogP contribution in [0.15, 0.2) is 91.0 Å². The van der Waals surface area contributed by atoms with Crippen molar-refractivity contribution >= 4 is 6.09 Å². The summed E-state index contributed by atoms with van der Waals surface area (Å²) in [5.41, 5.74) is 2.54. The minimum Gasteiger partial charge on any atom is -0.431 e. The molecule has 2 heterocycles. The number of carbonyl (C=O) groups excluding carboxylic acids is 1. The molecule has 0 aromatic heterocycles. The highest BCUT2D eigenvalue weighted by molar-refractivity contribution is 5.74. The molecule has 0 radical (unpaired) electrons. The Morgan fingerprint density at radius 3 is 1.93 bits per heavy atom. The van der Waals surface area contributed by atoms with Crippen molar-refractivity contribution in [1.29, 1.82) is 0 Å². The zero-order chi connectivity index (χ0) is 19.7. The zero-order valence-electron chi connectivity index (χ0n) is 16.3. The molecular formula is C25H24N2O2. The first kappa shape index (κ1) is 18.0. The highest BCUT2D eigenvalue weighted by atomic mass is 16.6. The molecule has 0 aliphatic carbocycles. The van der Waals surface area contributed by atoms with E-state index in [-0.39, 0.29) is 12.1 Å². The van der Waals surface area contributed by atoms with Gasteiger partial charge in [0.15, 0.2) is 5.60 Å². The molecule has 2 fully saturated rings. The number of benzene rings is 3. The van der Waals surface area contributed by atoms with Gasteiger partial charge in [0.2, 0.25) is 0 Å². The van der Waals surface area contributed by atoms with Crippen molar-refractivity contribution in [2.45, 2.75) is 18.2 Å². The third-order valence-corrected chi connectivity index (χ3v) is 6.07. The number of cyclic esters (lactones) is 1. The fourth-order valence-corrected chi connectivity index (χ4v) is 4.70. The van der Waals surface area contributed by atoms with E-state index in [9.17, 15) is 4.79 Å². The van der Waals surface area contributed by atoms with E-state index in [4.69, 9.17) is 4.74 Å². The number of rotatable bonds is 4. The molecule has 2 aliphatic rings. The van der Waals surface area contributed by atoms with E-state index >= 15 is 0 Å². The number of hydrogen-bond acceptors (Lipinski definition) is 3. The minimum absolute atomic E-state index is 0.0720. The van der Waals surface area contributed by atoms with E-state index in [1.807, 2.05) is 47.4 Å². The van der Waals surface area contributed by atoms with Crippen LogP contribution in [0.5, 0.6) is 0 Å². The molecule has 5 rings (SSSR count). The summed E-state index contributed by atoms with van der Waals surface area (Å²) >= 11 is 0. The lowest BCUT2D eigenvalue weighted by atomic mass is 9.79. The van der Waals surface area contributed by atoms with Gasteiger partial charge in [-0.1, -0.05) is 91.0 Å². The van der Waals surface area contributed by atoms with Crippen LogP contribution in [0, 0.1) is 0 Å². The van der Waals surface area contributed by atoms with Crippen LogP contribution in [0.3, 0.4) is 0 Å². The predicted octanol–water partition coefficient (Wildman–Crippen LogP) is 4.27. The molecular weight excluding hydrogens is 360 g/mol. The van der Waals surface area contributed by atoms with Gasteiger partial charge in [0.1, 0.15) is 0 Å². The maximum absolute atomic E-state index is 12.9. The third kappa shape index (κ3) is 3.10. The third-order valence-electron chi connectivity index (χ3n) is 6.07. The van der Waals surface area contributed by atoms with Gasteiger partial charge in [-0.25, -0.2) is 4.79 Å². The molecule has 29 heavy (non-hydrogen) atoms. The number of hydrogen-bond donors (Lipinski definition) is 0. The summed E-state index contributed by atoms with van der Waals surface area (Å²) in [4.78, 5) is 17.3. The Morgan fingerprint density at radius 2 is 1.34 bits per heavy atom. The molecule has 1 amide bonds. The van der Waals surface area contributed by atoms with Crippen LogP contribution in [-0.4, -0.2) is 41.6 Å². The highest BCUT2D eigenvalue weighted by Crippen LogP contribution is 2.45. The zero-order valence-corrected chi connectivity index (χ0v) is 16.3. The quantitative estimate of drug-likeness (QED) is 0.674. The highest BCUT2D eigenvalue weighted by Gasteiger charge is 2.57. The van der Waals surface area contributed by atoms with Crippen molar-refractivity contribution in [2.24, 2.45) is 0 Å². The standard InChI is InChI=1S/C25H24N2O2/c28-24-27-17-16-26(18-20-10-4-1-5-11-20)19-23(27)25(29-24,21-12-6-2-7-13-21)22-14-8-3-9-15-22/h1-15,23H,16-19H2/t23-/m1/s1. The van der Waals surface area contributed by atoms with Crippen molar-refractivity contribution < 1.29 is 9.53 Å². The van der Waals surface area contributed by atoms with Crippen molar-refractivity contribution in [3.8, 4) is 0 Å². The Labute approximate surface area is 171 Å². The summed E-state index contributed by atoms with van der Waals surface area (Å²) in [5.74, 6) is 0. The number of amides is 1. The Balaban J connectivity index is 1.55. The predicted molar refractivity (Wildman–Crippen MR) is 112 cm³/mol. The summed E-state index contributed by atoms with van der Waals surface area (Å²) < 4.78 is 6.23. The van der Waals surface area contributed by atoms with Crippen LogP contribution in [-0.2, 0) is 16.9 Å². The van der Waals surface area contributed by atoms with E-state index < -0.39 is 5.60 Å². The minimum atomic E-state index is -0.797. The molecule has 2 saturated heterocycles. The number of carbonyl (C=O) groups is 1. The summed E-state index contributed by atoms with van der Waals surface area (Å²) in [6.07, 6.45) is -0.220. The van der Waals surface area contributed by atoms with E-state index in [1.54, 1.807) is 0 Å². The normalized spacial score (nSPS) is 20.9. The second-order valence-corrected chi connectivity index (χ2v) is 7.77. The van der Waals surface area contributed by atoms with Gasteiger partial charge >= 0.3 is 6.09 Å². The summed E-state index contributed by atoms with van der Waals surface area (Å²) in [7, 11) is 0. The van der Waals surface area contributed by atoms with E-state index in [1.165, 1.54) is 5.56 Å². The molecule has 0 saturated carbocycles. The summed E-state index contributed by atoms with van der Waals surface area (Å²) in [6.45, 7) is 3.17. The Bertz CT molecular complexity index is 936. The number of ether oxygens (including phenoxy) is 1. The van der Waals surface area contributed by atoms with Crippen molar-refractivity contribution in [2.75, 3.05) is 19.6 Å². The van der Waals surface area contributed by atoms with Gasteiger partial charge in [0, 0.05) is 37.3 Å². The lowest BCUT2D eigenvalue weighted by Gasteiger charge is -2.42. The van der Waals surface area contributed by atoms with Gasteiger partial charge in [-0.15, -0.1) is 0 Å². The second kappa shape index (κ2) is 7.37. The fraction of sp³-hybridized carbons (Fsp3) is 0.240. The Kier molecular flexibility index (Phi) is 4.57. The molecule has 0 spiro atoms. The molecule has 146 valence electrons. The van der Waals surface area contributed by atoms with Crippen molar-refractivity contribution in [3.63, 3.8) is 0 Å². The van der Waals surface area contributed by atoms with E-state index in [2.05, 4.69) is 53.4 Å². The average Bonchev–Trinajstić information content (AvgIpc) is 3.08. The largest absolute Gasteiger partial charge is 0.431 e. The molecule has 0 unspecified atom stereocenters. The van der Waals surface area contributed by atoms with Gasteiger partial charge in [-0.2, -0.15) is 0 Å². The lowest BCUT2D eigenvalue weighted by molar-refractivity contribution is 0.0416. The van der Waals surface area contributed by atoms with Crippen molar-refractivity contribution in [1.82, 2.24) is 9.80 Å². The Morgan fingerprint density at radius 1 is 0.793 bits per heavy atom. The van der Waals surface area contributed by atoms with Crippen LogP contribution in [0.4, 0.5) is 4.79 Å². The van der Waals surface area contributed by atoms with Gasteiger partial charge in [-0.3, -0.25) is 9.80 Å². The van der Waals surface area contributed by atoms with E-state index in [0.29, 0.717) is 6.54 Å². The SMILES string of the molecule is O=C1OC(c2ccccc2)(c2ccccc2)[C@H]2CN(Cc3ccccc3)CCN12. The van der Waals surface area contributed by atoms with Crippen LogP contribution >= 0.6 is 0 Å². The van der Waals surface area contributed by atoms with Gasteiger partial charge < -0.3 is 4.74 Å². The first-order chi connectivity index (χ1) is 14.3. The second-order valence-electron chi connectivity index (χ2n) is 7.77. The number of piperazine rings is 1. The van der Waals surface area contributed by atoms with Crippen molar-refractivity contribution in [3.05, 3.63) is 108 Å². The van der Waals surface area contributed by atoms with Crippen LogP contribution in [0.1, 0.15) is 16.7 Å². The molecule has 4 nitrogen and oxygen atoms in total. The molecule has 0 bridgehead atoms. The molecule has 3 aromatic carbocycles. The monoisotopic (exact) mass is 384 g/mol. The molecule has 3 aromatic rings. The molecule has 2 aliphatic heterocycles. The number of nitrogens with zero attached hydrogens (tertiary/aromatic N) is 2. The van der Waals surface area contributed by atoms with Gasteiger partial charge in [0.25, 0.3) is 0 Å². The lowest BCUT2D eigenvalue weighted by Crippen LogP contribution is -2.56. The first-order valence-electron chi connectivity index (χ1n) is 10.1. The fourth-order valence-electron chi connectivity index (χ4n) is 4.70. The topological polar surface area (TPSA) is 32.8 Å².